The Balaban J connectivity index is 1.90. The van der Waals surface area contributed by atoms with Crippen LogP contribution in [0.1, 0.15) is 25.7 Å². The fourth-order valence-corrected chi connectivity index (χ4v) is 2.87. The Labute approximate surface area is 122 Å². The number of nitrogens with two attached hydrogens (primary N) is 1. The summed E-state index contributed by atoms with van der Waals surface area (Å²) in [4.78, 5) is 32.5. The molecular weight excluding hydrogens is 299 g/mol. The standard InChI is InChI=1S/C12H19N2O6P/c13-11-5-1-8(2-6-12(15)14-11)10-4-3-9(20-10)7-19-21(16,17)18/h1,5,8-10H,2-4,6-7H2,(H2,13,14,15)(H2,16,17,18)/b5-1-/t8-,9+,10?/m1/s1. The molecule has 1 amide bonds. The molecule has 0 spiro atoms. The first-order valence-electron chi connectivity index (χ1n) is 6.74. The van der Waals surface area contributed by atoms with Gasteiger partial charge in [0, 0.05) is 12.3 Å². The summed E-state index contributed by atoms with van der Waals surface area (Å²) in [6.45, 7) is -0.139. The smallest absolute Gasteiger partial charge is 0.384 e. The maximum atomic E-state index is 11.4. The van der Waals surface area contributed by atoms with Crippen molar-refractivity contribution in [2.75, 3.05) is 6.61 Å². The van der Waals surface area contributed by atoms with Crippen molar-refractivity contribution in [3.8, 4) is 0 Å². The lowest BCUT2D eigenvalue weighted by Crippen LogP contribution is -2.24. The summed E-state index contributed by atoms with van der Waals surface area (Å²) in [7, 11) is -4.47. The molecule has 0 bridgehead atoms. The molecule has 0 aromatic heterocycles. The van der Waals surface area contributed by atoms with Crippen LogP contribution in [0.2, 0.25) is 0 Å². The number of ether oxygens (including phenoxy) is 1. The van der Waals surface area contributed by atoms with E-state index in [9.17, 15) is 9.36 Å². The van der Waals surface area contributed by atoms with Crippen LogP contribution in [-0.4, -0.2) is 40.3 Å². The zero-order chi connectivity index (χ0) is 15.5. The van der Waals surface area contributed by atoms with E-state index in [2.05, 4.69) is 9.52 Å². The number of rotatable bonds is 4. The Kier molecular flexibility index (Phi) is 5.29. The van der Waals surface area contributed by atoms with Crippen molar-refractivity contribution in [2.45, 2.75) is 37.9 Å². The maximum absolute atomic E-state index is 11.4. The van der Waals surface area contributed by atoms with Crippen molar-refractivity contribution in [3.63, 3.8) is 0 Å². The largest absolute Gasteiger partial charge is 0.469 e. The lowest BCUT2D eigenvalue weighted by Gasteiger charge is -2.21. The van der Waals surface area contributed by atoms with Crippen LogP contribution in [0, 0.1) is 5.92 Å². The normalized spacial score (nSPS) is 34.9. The first kappa shape index (κ1) is 16.3. The number of carbonyl (C=O) groups excluding carboxylic acids is 1. The third-order valence-electron chi connectivity index (χ3n) is 3.51. The monoisotopic (exact) mass is 318 g/mol. The minimum Gasteiger partial charge on any atom is -0.384 e. The zero-order valence-corrected chi connectivity index (χ0v) is 12.3. The molecule has 8 nitrogen and oxygen atoms in total. The third kappa shape index (κ3) is 5.33. The molecule has 1 saturated heterocycles. The van der Waals surface area contributed by atoms with Crippen LogP contribution in [0.4, 0.5) is 0 Å². The Hall–Kier alpha value is -1.05. The first-order chi connectivity index (χ1) is 9.83. The van der Waals surface area contributed by atoms with Gasteiger partial charge in [-0.3, -0.25) is 9.32 Å². The molecule has 4 N–H and O–H groups in total. The number of phosphoric acid groups is 1. The van der Waals surface area contributed by atoms with E-state index in [-0.39, 0.29) is 36.5 Å². The second kappa shape index (κ2) is 6.81. The number of phosphoric ester groups is 1. The molecule has 0 aliphatic carbocycles. The molecule has 2 heterocycles. The summed E-state index contributed by atoms with van der Waals surface area (Å²) < 4.78 is 20.9. The van der Waals surface area contributed by atoms with Crippen LogP contribution in [0.3, 0.4) is 0 Å². The number of nitrogens with zero attached hydrogens (tertiary/aromatic N) is 1. The van der Waals surface area contributed by atoms with Crippen LogP contribution in [0.25, 0.3) is 0 Å². The van der Waals surface area contributed by atoms with Crippen molar-refractivity contribution in [2.24, 2.45) is 16.6 Å². The number of amidine groups is 1. The summed E-state index contributed by atoms with van der Waals surface area (Å²) in [5, 5.41) is 0. The highest BCUT2D eigenvalue weighted by molar-refractivity contribution is 7.46. The van der Waals surface area contributed by atoms with Gasteiger partial charge in [0.25, 0.3) is 0 Å². The molecule has 2 aliphatic heterocycles. The highest BCUT2D eigenvalue weighted by atomic mass is 31.2. The second-order valence-electron chi connectivity index (χ2n) is 5.15. The van der Waals surface area contributed by atoms with Crippen LogP contribution in [-0.2, 0) is 18.6 Å². The number of hydrogen-bond acceptors (Lipinski definition) is 5. The molecule has 0 aromatic carbocycles. The summed E-state index contributed by atoms with van der Waals surface area (Å²) in [6, 6.07) is 0. The van der Waals surface area contributed by atoms with E-state index in [1.165, 1.54) is 0 Å². The van der Waals surface area contributed by atoms with Gasteiger partial charge in [-0.1, -0.05) is 6.08 Å². The number of hydrogen-bond donors (Lipinski definition) is 3. The molecule has 21 heavy (non-hydrogen) atoms. The molecule has 2 aliphatic rings. The number of carbonyl (C=O) groups is 1. The molecule has 1 unspecified atom stereocenters. The topological polar surface area (TPSA) is 131 Å². The van der Waals surface area contributed by atoms with Crippen LogP contribution in [0.5, 0.6) is 0 Å². The van der Waals surface area contributed by atoms with Gasteiger partial charge < -0.3 is 20.3 Å². The predicted molar refractivity (Wildman–Crippen MR) is 74.4 cm³/mol. The Morgan fingerprint density at radius 2 is 2.19 bits per heavy atom. The van der Waals surface area contributed by atoms with Gasteiger partial charge in [0.1, 0.15) is 5.84 Å². The molecule has 9 heteroatoms. The van der Waals surface area contributed by atoms with Gasteiger partial charge in [-0.15, -0.1) is 0 Å². The molecule has 2 rings (SSSR count). The molecule has 3 atom stereocenters. The van der Waals surface area contributed by atoms with E-state index in [0.29, 0.717) is 19.3 Å². The minimum absolute atomic E-state index is 0.0306. The Morgan fingerprint density at radius 3 is 2.90 bits per heavy atom. The van der Waals surface area contributed by atoms with Gasteiger partial charge in [0.15, 0.2) is 0 Å². The van der Waals surface area contributed by atoms with Gasteiger partial charge in [-0.25, -0.2) is 4.57 Å². The number of aliphatic imine (C=N–C) groups is 1. The lowest BCUT2D eigenvalue weighted by molar-refractivity contribution is -0.118. The third-order valence-corrected chi connectivity index (χ3v) is 3.99. The van der Waals surface area contributed by atoms with Gasteiger partial charge >= 0.3 is 7.82 Å². The minimum atomic E-state index is -4.47. The van der Waals surface area contributed by atoms with Crippen LogP contribution >= 0.6 is 7.82 Å². The molecule has 0 radical (unpaired) electrons. The van der Waals surface area contributed by atoms with E-state index >= 15 is 0 Å². The van der Waals surface area contributed by atoms with Crippen LogP contribution in [0.15, 0.2) is 17.1 Å². The van der Waals surface area contributed by atoms with E-state index < -0.39 is 7.82 Å². The summed E-state index contributed by atoms with van der Waals surface area (Å²) in [6.07, 6.45) is 5.35. The summed E-state index contributed by atoms with van der Waals surface area (Å²) >= 11 is 0. The van der Waals surface area contributed by atoms with Crippen molar-refractivity contribution >= 4 is 19.6 Å². The highest BCUT2D eigenvalue weighted by Crippen LogP contribution is 2.38. The molecular formula is C12H19N2O6P. The Bertz CT molecular complexity index is 500. The van der Waals surface area contributed by atoms with E-state index in [4.69, 9.17) is 20.3 Å². The Morgan fingerprint density at radius 1 is 1.43 bits per heavy atom. The highest BCUT2D eigenvalue weighted by Gasteiger charge is 2.32. The van der Waals surface area contributed by atoms with Gasteiger partial charge in [0.05, 0.1) is 18.8 Å². The van der Waals surface area contributed by atoms with E-state index in [1.807, 2.05) is 6.08 Å². The van der Waals surface area contributed by atoms with Gasteiger partial charge in [0.2, 0.25) is 5.91 Å². The molecule has 0 saturated carbocycles. The fraction of sp³-hybridized carbons (Fsp3) is 0.667. The van der Waals surface area contributed by atoms with E-state index in [1.54, 1.807) is 6.08 Å². The molecule has 0 aromatic rings. The van der Waals surface area contributed by atoms with Crippen molar-refractivity contribution in [3.05, 3.63) is 12.2 Å². The first-order valence-corrected chi connectivity index (χ1v) is 8.27. The molecule has 118 valence electrons. The van der Waals surface area contributed by atoms with Gasteiger partial charge in [-0.05, 0) is 25.3 Å². The van der Waals surface area contributed by atoms with Gasteiger partial charge in [-0.2, -0.15) is 4.99 Å². The molecule has 1 fully saturated rings. The zero-order valence-electron chi connectivity index (χ0n) is 11.4. The van der Waals surface area contributed by atoms with Crippen molar-refractivity contribution in [1.29, 1.82) is 0 Å². The maximum Gasteiger partial charge on any atom is 0.469 e. The fourth-order valence-electron chi connectivity index (χ4n) is 2.51. The number of amides is 1. The second-order valence-corrected chi connectivity index (χ2v) is 6.39. The van der Waals surface area contributed by atoms with E-state index in [0.717, 1.165) is 6.42 Å². The lowest BCUT2D eigenvalue weighted by atomic mass is 9.93. The average molecular weight is 318 g/mol. The predicted octanol–water partition coefficient (Wildman–Crippen LogP) is 0.493. The average Bonchev–Trinajstić information content (AvgIpc) is 2.82. The summed E-state index contributed by atoms with van der Waals surface area (Å²) in [5.74, 6) is -0.0339. The SMILES string of the molecule is NC1=N/C(=O)CC[C@H](C2CC[C@@H](COP(=O)(O)O)O2)/C=C\1. The van der Waals surface area contributed by atoms with Crippen molar-refractivity contribution < 1.29 is 28.4 Å². The van der Waals surface area contributed by atoms with Crippen LogP contribution < -0.4 is 5.73 Å². The summed E-state index contributed by atoms with van der Waals surface area (Å²) in [5.41, 5.74) is 5.57. The quantitative estimate of drug-likeness (QED) is 0.643. The van der Waals surface area contributed by atoms with Crippen molar-refractivity contribution in [1.82, 2.24) is 0 Å².